The van der Waals surface area contributed by atoms with Gasteiger partial charge in [-0.05, 0) is 25.8 Å². The van der Waals surface area contributed by atoms with Crippen LogP contribution in [-0.2, 0) is 35.0 Å². The summed E-state index contributed by atoms with van der Waals surface area (Å²) in [6.07, 6.45) is -2.40. The number of nitrogens with two attached hydrogens (primary N) is 1. The number of hydrogen-bond donors (Lipinski definition) is 1. The average Bonchev–Trinajstić information content (AvgIpc) is 2.65. The van der Waals surface area contributed by atoms with E-state index in [1.54, 1.807) is 20.8 Å². The summed E-state index contributed by atoms with van der Waals surface area (Å²) in [7, 11) is 0. The molecule has 0 unspecified atom stereocenters. The van der Waals surface area contributed by atoms with E-state index in [1.807, 2.05) is 30.3 Å². The first-order chi connectivity index (χ1) is 12.7. The van der Waals surface area contributed by atoms with Gasteiger partial charge >= 0.3 is 17.9 Å². The van der Waals surface area contributed by atoms with Crippen LogP contribution in [0.1, 0.15) is 33.3 Å². The Morgan fingerprint density at radius 1 is 1.07 bits per heavy atom. The highest BCUT2D eigenvalue weighted by atomic mass is 16.6. The fourth-order valence-corrected chi connectivity index (χ4v) is 2.84. The Bertz CT molecular complexity index is 674. The maximum absolute atomic E-state index is 12.9. The van der Waals surface area contributed by atoms with E-state index in [9.17, 15) is 14.4 Å². The van der Waals surface area contributed by atoms with E-state index in [4.69, 9.17) is 19.9 Å². The summed E-state index contributed by atoms with van der Waals surface area (Å²) in [5.41, 5.74) is 6.69. The molecule has 7 heteroatoms. The molecule has 1 saturated heterocycles. The first-order valence-electron chi connectivity index (χ1n) is 9.11. The van der Waals surface area contributed by atoms with Gasteiger partial charge in [-0.2, -0.15) is 0 Å². The predicted octanol–water partition coefficient (Wildman–Crippen LogP) is 1.62. The quantitative estimate of drug-likeness (QED) is 0.628. The van der Waals surface area contributed by atoms with Crippen molar-refractivity contribution in [2.75, 3.05) is 0 Å². The van der Waals surface area contributed by atoms with Gasteiger partial charge in [0.2, 0.25) is 0 Å². The second-order valence-corrected chi connectivity index (χ2v) is 7.16. The van der Waals surface area contributed by atoms with Crippen LogP contribution in [0, 0.1) is 11.8 Å². The van der Waals surface area contributed by atoms with Crippen LogP contribution in [0.4, 0.5) is 0 Å². The monoisotopic (exact) mass is 377 g/mol. The highest BCUT2D eigenvalue weighted by molar-refractivity contribution is 5.80. The molecule has 0 aromatic heterocycles. The predicted molar refractivity (Wildman–Crippen MR) is 97.4 cm³/mol. The first kappa shape index (κ1) is 20.9. The SMILES string of the molecule is CC(C)C(=O)O[C@@H]1[C@H](C)OC(=O)[C@@H](N)[C@@H](C)OC(=O)[C@@H]1Cc1ccccc1. The third-order valence-electron chi connectivity index (χ3n) is 4.57. The zero-order chi connectivity index (χ0) is 20.1. The third-order valence-corrected chi connectivity index (χ3v) is 4.57. The molecule has 27 heavy (non-hydrogen) atoms. The number of carbonyl (C=O) groups is 3. The molecule has 7 nitrogen and oxygen atoms in total. The summed E-state index contributed by atoms with van der Waals surface area (Å²) in [6.45, 7) is 6.51. The lowest BCUT2D eigenvalue weighted by Gasteiger charge is -2.29. The van der Waals surface area contributed by atoms with Crippen LogP contribution in [0.2, 0.25) is 0 Å². The molecule has 0 spiro atoms. The van der Waals surface area contributed by atoms with Gasteiger partial charge in [-0.3, -0.25) is 14.4 Å². The first-order valence-corrected chi connectivity index (χ1v) is 9.11. The van der Waals surface area contributed by atoms with Crippen molar-refractivity contribution in [2.45, 2.75) is 58.5 Å². The molecule has 0 saturated carbocycles. The molecule has 2 rings (SSSR count). The Morgan fingerprint density at radius 2 is 1.67 bits per heavy atom. The number of esters is 3. The number of benzene rings is 1. The van der Waals surface area contributed by atoms with Crippen LogP contribution >= 0.6 is 0 Å². The summed E-state index contributed by atoms with van der Waals surface area (Å²) in [6, 6.07) is 8.21. The van der Waals surface area contributed by atoms with Gasteiger partial charge in [0, 0.05) is 0 Å². The highest BCUT2D eigenvalue weighted by Crippen LogP contribution is 2.25. The number of cyclic esters (lactones) is 2. The Labute approximate surface area is 159 Å². The minimum Gasteiger partial charge on any atom is -0.460 e. The summed E-state index contributed by atoms with van der Waals surface area (Å²) in [4.78, 5) is 37.3. The van der Waals surface area contributed by atoms with E-state index in [0.29, 0.717) is 0 Å². The fraction of sp³-hybridized carbons (Fsp3) is 0.550. The van der Waals surface area contributed by atoms with Crippen LogP contribution in [0.5, 0.6) is 0 Å². The van der Waals surface area contributed by atoms with Gasteiger partial charge in [0.15, 0.2) is 6.10 Å². The molecular weight excluding hydrogens is 350 g/mol. The minimum atomic E-state index is -1.10. The molecule has 0 aliphatic carbocycles. The van der Waals surface area contributed by atoms with Crippen molar-refractivity contribution >= 4 is 17.9 Å². The van der Waals surface area contributed by atoms with Crippen LogP contribution in [0.3, 0.4) is 0 Å². The van der Waals surface area contributed by atoms with Gasteiger partial charge < -0.3 is 19.9 Å². The van der Waals surface area contributed by atoms with E-state index in [-0.39, 0.29) is 6.42 Å². The Kier molecular flexibility index (Phi) is 6.96. The second kappa shape index (κ2) is 8.99. The molecule has 1 aliphatic rings. The molecule has 1 fully saturated rings. The standard InChI is InChI=1S/C20H27NO6/c1-11(2)18(22)27-17-13(4)26-20(24)16(21)12(3)25-19(23)15(17)10-14-8-6-5-7-9-14/h5-9,11-13,15-17H,10,21H2,1-4H3/t12-,13+,15-,16+,17-/m1/s1. The van der Waals surface area contributed by atoms with Crippen LogP contribution in [0.25, 0.3) is 0 Å². The van der Waals surface area contributed by atoms with Crippen molar-refractivity contribution in [1.29, 1.82) is 0 Å². The van der Waals surface area contributed by atoms with Gasteiger partial charge in [0.05, 0.1) is 5.92 Å². The number of rotatable bonds is 4. The molecule has 0 bridgehead atoms. The Morgan fingerprint density at radius 3 is 2.26 bits per heavy atom. The lowest BCUT2D eigenvalue weighted by Crippen LogP contribution is -2.44. The van der Waals surface area contributed by atoms with E-state index in [0.717, 1.165) is 5.56 Å². The number of ether oxygens (including phenoxy) is 3. The Hall–Kier alpha value is -2.41. The largest absolute Gasteiger partial charge is 0.460 e. The maximum atomic E-state index is 12.9. The van der Waals surface area contributed by atoms with Crippen LogP contribution in [-0.4, -0.2) is 42.3 Å². The molecule has 0 radical (unpaired) electrons. The molecule has 1 aliphatic heterocycles. The van der Waals surface area contributed by atoms with Crippen molar-refractivity contribution in [2.24, 2.45) is 17.6 Å². The van der Waals surface area contributed by atoms with Crippen molar-refractivity contribution in [3.05, 3.63) is 35.9 Å². The molecule has 0 amide bonds. The number of hydrogen-bond acceptors (Lipinski definition) is 7. The normalized spacial score (nSPS) is 29.2. The van der Waals surface area contributed by atoms with Gasteiger partial charge in [0.1, 0.15) is 24.2 Å². The number of carbonyl (C=O) groups excluding carboxylic acids is 3. The van der Waals surface area contributed by atoms with Crippen LogP contribution in [0.15, 0.2) is 30.3 Å². The van der Waals surface area contributed by atoms with E-state index in [1.165, 1.54) is 6.92 Å². The Balaban J connectivity index is 2.39. The zero-order valence-electron chi connectivity index (χ0n) is 16.1. The zero-order valence-corrected chi connectivity index (χ0v) is 16.1. The van der Waals surface area contributed by atoms with Crippen LogP contribution < -0.4 is 5.73 Å². The molecule has 148 valence electrons. The minimum absolute atomic E-state index is 0.277. The summed E-state index contributed by atoms with van der Waals surface area (Å²) < 4.78 is 16.4. The van der Waals surface area contributed by atoms with Crippen molar-refractivity contribution in [3.8, 4) is 0 Å². The molecule has 1 aromatic rings. The van der Waals surface area contributed by atoms with E-state index < -0.39 is 54.1 Å². The molecule has 5 atom stereocenters. The topological polar surface area (TPSA) is 105 Å². The summed E-state index contributed by atoms with van der Waals surface area (Å²) in [5, 5.41) is 0. The van der Waals surface area contributed by atoms with E-state index in [2.05, 4.69) is 0 Å². The summed E-state index contributed by atoms with van der Waals surface area (Å²) >= 11 is 0. The lowest BCUT2D eigenvalue weighted by atomic mass is 9.91. The van der Waals surface area contributed by atoms with E-state index >= 15 is 0 Å². The fourth-order valence-electron chi connectivity index (χ4n) is 2.84. The maximum Gasteiger partial charge on any atom is 0.327 e. The van der Waals surface area contributed by atoms with Crippen molar-refractivity contribution in [1.82, 2.24) is 0 Å². The molecular formula is C20H27NO6. The van der Waals surface area contributed by atoms with Gasteiger partial charge in [0.25, 0.3) is 0 Å². The van der Waals surface area contributed by atoms with Crippen molar-refractivity contribution < 1.29 is 28.6 Å². The third kappa shape index (κ3) is 5.29. The second-order valence-electron chi connectivity index (χ2n) is 7.16. The van der Waals surface area contributed by atoms with Gasteiger partial charge in [-0.1, -0.05) is 44.2 Å². The molecule has 2 N–H and O–H groups in total. The average molecular weight is 377 g/mol. The molecule has 1 aromatic carbocycles. The smallest absolute Gasteiger partial charge is 0.327 e. The van der Waals surface area contributed by atoms with Crippen molar-refractivity contribution in [3.63, 3.8) is 0 Å². The van der Waals surface area contributed by atoms with Gasteiger partial charge in [-0.15, -0.1) is 0 Å². The van der Waals surface area contributed by atoms with Gasteiger partial charge in [-0.25, -0.2) is 0 Å². The lowest BCUT2D eigenvalue weighted by molar-refractivity contribution is -0.176. The highest BCUT2D eigenvalue weighted by Gasteiger charge is 2.42. The summed E-state index contributed by atoms with van der Waals surface area (Å²) in [5.74, 6) is -2.98. The molecule has 1 heterocycles.